The van der Waals surface area contributed by atoms with Crippen molar-refractivity contribution in [2.45, 2.75) is 0 Å². The Bertz CT molecular complexity index is 784. The quantitative estimate of drug-likeness (QED) is 0.678. The molecule has 0 fully saturated rings. The van der Waals surface area contributed by atoms with Crippen molar-refractivity contribution in [3.8, 4) is 10.4 Å². The summed E-state index contributed by atoms with van der Waals surface area (Å²) in [6.45, 7) is 0. The van der Waals surface area contributed by atoms with Gasteiger partial charge in [-0.3, -0.25) is 0 Å². The van der Waals surface area contributed by atoms with Crippen LogP contribution in [0.2, 0.25) is 0 Å². The van der Waals surface area contributed by atoms with Crippen LogP contribution in [0.3, 0.4) is 0 Å². The molecule has 1 aromatic heterocycles. The second-order valence-corrected chi connectivity index (χ2v) is 6.12. The number of hydrogen-bond acceptors (Lipinski definition) is 6. The lowest BCUT2D eigenvalue weighted by molar-refractivity contribution is 0.0557. The maximum Gasteiger partial charge on any atom is 0.339 e. The van der Waals surface area contributed by atoms with Gasteiger partial charge in [0.15, 0.2) is 0 Å². The third-order valence-electron chi connectivity index (χ3n) is 3.03. The van der Waals surface area contributed by atoms with Crippen molar-refractivity contribution >= 4 is 44.0 Å². The Labute approximate surface area is 122 Å². The summed E-state index contributed by atoms with van der Waals surface area (Å²) in [7, 11) is 2.60. The van der Waals surface area contributed by atoms with Gasteiger partial charge in [0.25, 0.3) is 0 Å². The normalized spacial score (nSPS) is 10.9. The molecule has 0 radical (unpaired) electrons. The van der Waals surface area contributed by atoms with Crippen LogP contribution in [0.25, 0.3) is 19.8 Å². The Morgan fingerprint density at radius 2 is 1.80 bits per heavy atom. The molecule has 0 saturated heterocycles. The first-order valence-corrected chi connectivity index (χ1v) is 7.45. The minimum atomic E-state index is -0.530. The molecule has 0 atom stereocenters. The summed E-state index contributed by atoms with van der Waals surface area (Å²) in [6, 6.07) is 5.63. The number of hydrogen-bond donors (Lipinski definition) is 0. The minimum Gasteiger partial charge on any atom is -0.465 e. The number of rotatable bonds is 2. The van der Waals surface area contributed by atoms with Crippen molar-refractivity contribution in [3.05, 3.63) is 34.7 Å². The van der Waals surface area contributed by atoms with Gasteiger partial charge in [0.1, 0.15) is 0 Å². The molecule has 1 aliphatic carbocycles. The van der Waals surface area contributed by atoms with Crippen molar-refractivity contribution in [2.75, 3.05) is 14.2 Å². The first kappa shape index (κ1) is 13.1. The molecule has 3 rings (SSSR count). The third-order valence-corrected chi connectivity index (χ3v) is 5.15. The van der Waals surface area contributed by atoms with E-state index in [1.165, 1.54) is 14.2 Å². The Morgan fingerprint density at radius 1 is 1.05 bits per heavy atom. The average molecular weight is 306 g/mol. The first-order chi connectivity index (χ1) is 9.65. The van der Waals surface area contributed by atoms with E-state index >= 15 is 0 Å². The van der Waals surface area contributed by atoms with E-state index in [1.807, 2.05) is 17.5 Å². The van der Waals surface area contributed by atoms with E-state index in [2.05, 4.69) is 0 Å². The molecule has 20 heavy (non-hydrogen) atoms. The van der Waals surface area contributed by atoms with Crippen LogP contribution in [0.5, 0.6) is 0 Å². The van der Waals surface area contributed by atoms with E-state index in [1.54, 1.807) is 28.7 Å². The van der Waals surface area contributed by atoms with Crippen LogP contribution in [0, 0.1) is 0 Å². The molecule has 0 saturated carbocycles. The Kier molecular flexibility index (Phi) is 3.19. The molecule has 0 unspecified atom stereocenters. The zero-order chi connectivity index (χ0) is 14.3. The van der Waals surface area contributed by atoms with Gasteiger partial charge in [-0.05, 0) is 23.6 Å². The fourth-order valence-corrected chi connectivity index (χ4v) is 4.17. The fraction of sp³-hybridized carbons (Fsp3) is 0.143. The van der Waals surface area contributed by atoms with Crippen LogP contribution in [-0.2, 0) is 9.47 Å². The zero-order valence-electron chi connectivity index (χ0n) is 10.8. The van der Waals surface area contributed by atoms with E-state index in [-0.39, 0.29) is 11.1 Å². The highest BCUT2D eigenvalue weighted by atomic mass is 32.1. The van der Waals surface area contributed by atoms with Crippen LogP contribution >= 0.6 is 22.7 Å². The molecule has 1 aromatic rings. The molecule has 2 heterocycles. The molecule has 2 aliphatic rings. The number of carbonyl (C=O) groups is 2. The Hall–Kier alpha value is -1.92. The van der Waals surface area contributed by atoms with E-state index in [0.29, 0.717) is 0 Å². The third kappa shape index (κ3) is 1.88. The molecule has 0 N–H and O–H groups in total. The van der Waals surface area contributed by atoms with Gasteiger partial charge in [0.2, 0.25) is 0 Å². The monoisotopic (exact) mass is 306 g/mol. The SMILES string of the molecule is COC(=O)c1cc2sc3ccsc3cc-2c1C(=O)OC. The Morgan fingerprint density at radius 3 is 2.50 bits per heavy atom. The van der Waals surface area contributed by atoms with Crippen LogP contribution in [-0.4, -0.2) is 26.2 Å². The van der Waals surface area contributed by atoms with Gasteiger partial charge in [0, 0.05) is 19.8 Å². The topological polar surface area (TPSA) is 52.6 Å². The van der Waals surface area contributed by atoms with Gasteiger partial charge in [-0.25, -0.2) is 9.59 Å². The maximum absolute atomic E-state index is 12.0. The van der Waals surface area contributed by atoms with Gasteiger partial charge in [0.05, 0.1) is 25.3 Å². The Balaban J connectivity index is 2.34. The predicted molar refractivity (Wildman–Crippen MR) is 79.0 cm³/mol. The van der Waals surface area contributed by atoms with Crippen molar-refractivity contribution in [1.82, 2.24) is 0 Å². The lowest BCUT2D eigenvalue weighted by atomic mass is 10.1. The number of ether oxygens (including phenoxy) is 2. The largest absolute Gasteiger partial charge is 0.465 e. The number of thiophene rings is 1. The van der Waals surface area contributed by atoms with Crippen LogP contribution in [0.15, 0.2) is 23.6 Å². The predicted octanol–water partition coefficient (Wildman–Crippen LogP) is 3.64. The molecule has 0 amide bonds. The molecular formula is C14H10O4S2. The number of esters is 2. The fourth-order valence-electron chi connectivity index (χ4n) is 2.12. The number of fused-ring (bicyclic) bond motifs is 2. The van der Waals surface area contributed by atoms with Gasteiger partial charge in [-0.2, -0.15) is 0 Å². The molecule has 0 spiro atoms. The lowest BCUT2D eigenvalue weighted by Crippen LogP contribution is -2.09. The van der Waals surface area contributed by atoms with Crippen LogP contribution < -0.4 is 0 Å². The van der Waals surface area contributed by atoms with Gasteiger partial charge < -0.3 is 9.47 Å². The number of methoxy groups -OCH3 is 2. The summed E-state index contributed by atoms with van der Waals surface area (Å²) in [4.78, 5) is 24.7. The maximum atomic E-state index is 12.0. The molecule has 0 aromatic carbocycles. The first-order valence-electron chi connectivity index (χ1n) is 5.76. The lowest BCUT2D eigenvalue weighted by Gasteiger charge is -2.04. The number of carbonyl (C=O) groups excluding carboxylic acids is 2. The summed E-state index contributed by atoms with van der Waals surface area (Å²) in [6.07, 6.45) is 0. The highest BCUT2D eigenvalue weighted by Crippen LogP contribution is 2.41. The summed E-state index contributed by atoms with van der Waals surface area (Å²) in [5.74, 6) is -1.05. The molecule has 0 bridgehead atoms. The second kappa shape index (κ2) is 4.88. The second-order valence-electron chi connectivity index (χ2n) is 4.09. The summed E-state index contributed by atoms with van der Waals surface area (Å²) in [5.41, 5.74) is 1.27. The van der Waals surface area contributed by atoms with E-state index in [0.717, 1.165) is 19.8 Å². The minimum absolute atomic E-state index is 0.253. The molecule has 4 nitrogen and oxygen atoms in total. The van der Waals surface area contributed by atoms with E-state index in [4.69, 9.17) is 9.47 Å². The molecule has 6 heteroatoms. The van der Waals surface area contributed by atoms with Gasteiger partial charge in [-0.1, -0.05) is 0 Å². The molecule has 1 aliphatic heterocycles. The van der Waals surface area contributed by atoms with Crippen molar-refractivity contribution < 1.29 is 19.1 Å². The van der Waals surface area contributed by atoms with Crippen LogP contribution in [0.1, 0.15) is 20.7 Å². The highest BCUT2D eigenvalue weighted by Gasteiger charge is 2.28. The molecular weight excluding hydrogens is 296 g/mol. The van der Waals surface area contributed by atoms with E-state index in [9.17, 15) is 9.59 Å². The van der Waals surface area contributed by atoms with E-state index < -0.39 is 11.9 Å². The highest BCUT2D eigenvalue weighted by molar-refractivity contribution is 7.27. The summed E-state index contributed by atoms with van der Waals surface area (Å²) in [5, 5.41) is 2.00. The molecule has 102 valence electrons. The zero-order valence-corrected chi connectivity index (χ0v) is 12.4. The standard InChI is InChI=1S/C14H10O4S2/c1-17-13(15)8-6-10-7(12(8)14(16)18-2)5-11-9(20-10)3-4-19-11/h3-6H,1-2H3. The van der Waals surface area contributed by atoms with Crippen molar-refractivity contribution in [3.63, 3.8) is 0 Å². The van der Waals surface area contributed by atoms with Crippen LogP contribution in [0.4, 0.5) is 0 Å². The van der Waals surface area contributed by atoms with Crippen molar-refractivity contribution in [1.29, 1.82) is 0 Å². The van der Waals surface area contributed by atoms with Gasteiger partial charge >= 0.3 is 11.9 Å². The summed E-state index contributed by atoms with van der Waals surface area (Å²) >= 11 is 3.14. The summed E-state index contributed by atoms with van der Waals surface area (Å²) < 4.78 is 11.7. The van der Waals surface area contributed by atoms with Crippen molar-refractivity contribution in [2.24, 2.45) is 0 Å². The van der Waals surface area contributed by atoms with Gasteiger partial charge in [-0.15, -0.1) is 22.7 Å². The average Bonchev–Trinajstić information content (AvgIpc) is 3.06. The smallest absolute Gasteiger partial charge is 0.339 e.